The third kappa shape index (κ3) is 4.13. The predicted octanol–water partition coefficient (Wildman–Crippen LogP) is 2.94. The van der Waals surface area contributed by atoms with E-state index in [1.165, 1.54) is 7.11 Å². The largest absolute Gasteiger partial charge is 0.493 e. The molecule has 2 aromatic carbocycles. The molecule has 0 unspecified atom stereocenters. The molecule has 0 aromatic heterocycles. The molecule has 1 fully saturated rings. The zero-order chi connectivity index (χ0) is 19.4. The van der Waals surface area contributed by atoms with Gasteiger partial charge in [-0.2, -0.15) is 0 Å². The van der Waals surface area contributed by atoms with Crippen LogP contribution in [-0.2, 0) is 4.79 Å². The number of rotatable bonds is 5. The minimum atomic E-state index is -0.550. The lowest BCUT2D eigenvalue weighted by molar-refractivity contribution is -0.118. The third-order valence-corrected chi connectivity index (χ3v) is 4.50. The first-order valence-electron chi connectivity index (χ1n) is 8.69. The molecule has 1 heterocycles. The Morgan fingerprint density at radius 1 is 1.07 bits per heavy atom. The predicted molar refractivity (Wildman–Crippen MR) is 104 cm³/mol. The molecule has 7 nitrogen and oxygen atoms in total. The summed E-state index contributed by atoms with van der Waals surface area (Å²) >= 11 is 0. The summed E-state index contributed by atoms with van der Waals surface area (Å²) in [6, 6.07) is 11.8. The van der Waals surface area contributed by atoms with Crippen LogP contribution < -0.4 is 25.0 Å². The number of nitrogens with zero attached hydrogens (tertiary/aromatic N) is 1. The number of urea groups is 1. The molecule has 2 N–H and O–H groups in total. The SMILES string of the molecule is COc1ccc(NC(=O)N[C@H]2CCN(c3ccc(C)cc3)C2=O)cc1OC. The first-order chi connectivity index (χ1) is 13.0. The topological polar surface area (TPSA) is 79.9 Å². The number of nitrogens with one attached hydrogen (secondary N) is 2. The van der Waals surface area contributed by atoms with Crippen molar-refractivity contribution < 1.29 is 19.1 Å². The molecule has 3 amide bonds. The summed E-state index contributed by atoms with van der Waals surface area (Å²) in [5.41, 5.74) is 2.52. The Balaban J connectivity index is 1.61. The van der Waals surface area contributed by atoms with Gasteiger partial charge in [0.25, 0.3) is 0 Å². The van der Waals surface area contributed by atoms with Crippen LogP contribution in [-0.4, -0.2) is 38.7 Å². The van der Waals surface area contributed by atoms with Crippen LogP contribution in [0.2, 0.25) is 0 Å². The van der Waals surface area contributed by atoms with Crippen LogP contribution in [0.1, 0.15) is 12.0 Å². The number of amides is 3. The minimum Gasteiger partial charge on any atom is -0.493 e. The van der Waals surface area contributed by atoms with E-state index < -0.39 is 12.1 Å². The maximum atomic E-state index is 12.6. The number of benzene rings is 2. The van der Waals surface area contributed by atoms with Gasteiger partial charge in [0.1, 0.15) is 6.04 Å². The number of hydrogen-bond donors (Lipinski definition) is 2. The maximum Gasteiger partial charge on any atom is 0.319 e. The molecule has 0 aliphatic carbocycles. The van der Waals surface area contributed by atoms with Crippen LogP contribution in [0.5, 0.6) is 11.5 Å². The maximum absolute atomic E-state index is 12.6. The van der Waals surface area contributed by atoms with Gasteiger partial charge in [-0.3, -0.25) is 4.79 Å². The molecular formula is C20H23N3O4. The van der Waals surface area contributed by atoms with Crippen molar-refractivity contribution in [1.82, 2.24) is 5.32 Å². The molecular weight excluding hydrogens is 346 g/mol. The fourth-order valence-electron chi connectivity index (χ4n) is 3.03. The van der Waals surface area contributed by atoms with E-state index in [-0.39, 0.29) is 5.91 Å². The zero-order valence-corrected chi connectivity index (χ0v) is 15.6. The number of carbonyl (C=O) groups excluding carboxylic acids is 2. The van der Waals surface area contributed by atoms with E-state index in [9.17, 15) is 9.59 Å². The Labute approximate surface area is 158 Å². The van der Waals surface area contributed by atoms with Crippen LogP contribution in [0.25, 0.3) is 0 Å². The van der Waals surface area contributed by atoms with Gasteiger partial charge in [-0.15, -0.1) is 0 Å². The van der Waals surface area contributed by atoms with E-state index >= 15 is 0 Å². The Morgan fingerprint density at radius 3 is 2.44 bits per heavy atom. The number of methoxy groups -OCH3 is 2. The van der Waals surface area contributed by atoms with Crippen molar-refractivity contribution in [1.29, 1.82) is 0 Å². The zero-order valence-electron chi connectivity index (χ0n) is 15.6. The van der Waals surface area contributed by atoms with Crippen molar-refractivity contribution in [3.63, 3.8) is 0 Å². The van der Waals surface area contributed by atoms with Crippen molar-refractivity contribution in [3.05, 3.63) is 48.0 Å². The molecule has 3 rings (SSSR count). The summed E-state index contributed by atoms with van der Waals surface area (Å²) in [4.78, 5) is 26.6. The van der Waals surface area contributed by atoms with Crippen molar-refractivity contribution in [3.8, 4) is 11.5 Å². The molecule has 1 aliphatic rings. The standard InChI is InChI=1S/C20H23N3O4/c1-13-4-7-15(8-5-13)23-11-10-16(19(23)24)22-20(25)21-14-6-9-17(26-2)18(12-14)27-3/h4-9,12,16H,10-11H2,1-3H3,(H2,21,22,25)/t16-/m0/s1. The van der Waals surface area contributed by atoms with Gasteiger partial charge in [0.2, 0.25) is 5.91 Å². The normalized spacial score (nSPS) is 16.2. The highest BCUT2D eigenvalue weighted by Gasteiger charge is 2.33. The second-order valence-corrected chi connectivity index (χ2v) is 6.33. The lowest BCUT2D eigenvalue weighted by Gasteiger charge is -2.18. The average molecular weight is 369 g/mol. The van der Waals surface area contributed by atoms with Gasteiger partial charge in [-0.05, 0) is 37.6 Å². The summed E-state index contributed by atoms with van der Waals surface area (Å²) in [5.74, 6) is 0.974. The Bertz CT molecular complexity index is 836. The monoisotopic (exact) mass is 369 g/mol. The van der Waals surface area contributed by atoms with Gasteiger partial charge in [0, 0.05) is 24.0 Å². The molecule has 0 spiro atoms. The molecule has 2 aromatic rings. The van der Waals surface area contributed by atoms with E-state index in [0.29, 0.717) is 30.2 Å². The van der Waals surface area contributed by atoms with Gasteiger partial charge in [-0.25, -0.2) is 4.79 Å². The molecule has 1 atom stereocenters. The smallest absolute Gasteiger partial charge is 0.319 e. The Hall–Kier alpha value is -3.22. The highest BCUT2D eigenvalue weighted by molar-refractivity contribution is 6.02. The van der Waals surface area contributed by atoms with Crippen LogP contribution in [0.4, 0.5) is 16.2 Å². The summed E-state index contributed by atoms with van der Waals surface area (Å²) in [7, 11) is 3.07. The van der Waals surface area contributed by atoms with Crippen molar-refractivity contribution in [2.45, 2.75) is 19.4 Å². The first-order valence-corrected chi connectivity index (χ1v) is 8.69. The first kappa shape index (κ1) is 18.6. The minimum absolute atomic E-state index is 0.110. The summed E-state index contributed by atoms with van der Waals surface area (Å²) in [5, 5.41) is 5.46. The molecule has 7 heteroatoms. The summed E-state index contributed by atoms with van der Waals surface area (Å²) in [6.07, 6.45) is 0.562. The summed E-state index contributed by atoms with van der Waals surface area (Å²) < 4.78 is 10.4. The van der Waals surface area contributed by atoms with Crippen LogP contribution in [0, 0.1) is 6.92 Å². The molecule has 1 aliphatic heterocycles. The second-order valence-electron chi connectivity index (χ2n) is 6.33. The fraction of sp³-hybridized carbons (Fsp3) is 0.300. The molecule has 1 saturated heterocycles. The number of ether oxygens (including phenoxy) is 2. The van der Waals surface area contributed by atoms with Crippen LogP contribution in [0.15, 0.2) is 42.5 Å². The van der Waals surface area contributed by atoms with Gasteiger partial charge >= 0.3 is 6.03 Å². The van der Waals surface area contributed by atoms with Gasteiger partial charge < -0.3 is 25.0 Å². The van der Waals surface area contributed by atoms with E-state index in [0.717, 1.165) is 11.3 Å². The number of aryl methyl sites for hydroxylation is 1. The molecule has 0 saturated carbocycles. The Morgan fingerprint density at radius 2 is 1.78 bits per heavy atom. The lowest BCUT2D eigenvalue weighted by Crippen LogP contribution is -2.43. The molecule has 0 bridgehead atoms. The van der Waals surface area contributed by atoms with Gasteiger partial charge in [-0.1, -0.05) is 17.7 Å². The van der Waals surface area contributed by atoms with E-state index in [4.69, 9.17) is 9.47 Å². The van der Waals surface area contributed by atoms with E-state index in [1.54, 1.807) is 30.2 Å². The number of hydrogen-bond acceptors (Lipinski definition) is 4. The highest BCUT2D eigenvalue weighted by atomic mass is 16.5. The highest BCUT2D eigenvalue weighted by Crippen LogP contribution is 2.29. The lowest BCUT2D eigenvalue weighted by atomic mass is 10.2. The Kier molecular flexibility index (Phi) is 5.49. The van der Waals surface area contributed by atoms with Crippen molar-refractivity contribution >= 4 is 23.3 Å². The molecule has 142 valence electrons. The molecule has 0 radical (unpaired) electrons. The van der Waals surface area contributed by atoms with Crippen molar-refractivity contribution in [2.75, 3.05) is 31.0 Å². The fourth-order valence-corrected chi connectivity index (χ4v) is 3.03. The van der Waals surface area contributed by atoms with Crippen LogP contribution >= 0.6 is 0 Å². The third-order valence-electron chi connectivity index (χ3n) is 4.50. The quantitative estimate of drug-likeness (QED) is 0.849. The summed E-state index contributed by atoms with van der Waals surface area (Å²) in [6.45, 7) is 2.57. The van der Waals surface area contributed by atoms with Crippen molar-refractivity contribution in [2.24, 2.45) is 0 Å². The number of carbonyl (C=O) groups is 2. The van der Waals surface area contributed by atoms with Crippen LogP contribution in [0.3, 0.4) is 0 Å². The van der Waals surface area contributed by atoms with Gasteiger partial charge in [0.15, 0.2) is 11.5 Å². The van der Waals surface area contributed by atoms with E-state index in [2.05, 4.69) is 10.6 Å². The van der Waals surface area contributed by atoms with Gasteiger partial charge in [0.05, 0.1) is 14.2 Å². The average Bonchev–Trinajstić information content (AvgIpc) is 3.02. The molecule has 27 heavy (non-hydrogen) atoms. The number of anilines is 2. The van der Waals surface area contributed by atoms with E-state index in [1.807, 2.05) is 31.2 Å². The second kappa shape index (κ2) is 7.99.